The minimum Gasteiger partial charge on any atom is -0.456 e. The Morgan fingerprint density at radius 2 is 2.00 bits per heavy atom. The summed E-state index contributed by atoms with van der Waals surface area (Å²) in [4.78, 5) is 14.5. The zero-order valence-corrected chi connectivity index (χ0v) is 14.1. The predicted molar refractivity (Wildman–Crippen MR) is 87.1 cm³/mol. The zero-order valence-electron chi connectivity index (χ0n) is 14.1. The molecule has 1 heterocycles. The van der Waals surface area contributed by atoms with Gasteiger partial charge in [-0.2, -0.15) is 13.2 Å². The lowest BCUT2D eigenvalue weighted by Crippen LogP contribution is -2.35. The molecule has 0 spiro atoms. The Kier molecular flexibility index (Phi) is 4.62. The Morgan fingerprint density at radius 1 is 1.28 bits per heavy atom. The molecule has 1 aromatic heterocycles. The maximum absolute atomic E-state index is 13.0. The van der Waals surface area contributed by atoms with Crippen LogP contribution in [0, 0.1) is 0 Å². The monoisotopic (exact) mass is 351 g/mol. The standard InChI is InChI=1S/C19H20F3NO2/c1-3-16-9-10-17(25-16)18(24)23(15-7-8-15)12(2)13-5-4-6-14(11-13)19(20,21)22/h4-6,9-12,15H,3,7-8H2,1-2H3. The minimum atomic E-state index is -4.40. The normalized spacial score (nSPS) is 15.9. The highest BCUT2D eigenvalue weighted by atomic mass is 19.4. The van der Waals surface area contributed by atoms with E-state index in [1.54, 1.807) is 30.0 Å². The number of alkyl halides is 3. The molecule has 0 saturated heterocycles. The summed E-state index contributed by atoms with van der Waals surface area (Å²) < 4.78 is 44.5. The van der Waals surface area contributed by atoms with Crippen molar-refractivity contribution in [1.82, 2.24) is 4.90 Å². The van der Waals surface area contributed by atoms with E-state index in [0.29, 0.717) is 17.7 Å². The lowest BCUT2D eigenvalue weighted by molar-refractivity contribution is -0.137. The van der Waals surface area contributed by atoms with Gasteiger partial charge in [-0.05, 0) is 49.6 Å². The highest BCUT2D eigenvalue weighted by Gasteiger charge is 2.38. The van der Waals surface area contributed by atoms with Crippen LogP contribution in [0.4, 0.5) is 13.2 Å². The van der Waals surface area contributed by atoms with Gasteiger partial charge in [0.2, 0.25) is 0 Å². The fourth-order valence-corrected chi connectivity index (χ4v) is 2.96. The number of nitrogens with zero attached hydrogens (tertiary/aromatic N) is 1. The van der Waals surface area contributed by atoms with Gasteiger partial charge in [0.05, 0.1) is 11.6 Å². The first kappa shape index (κ1) is 17.6. The number of rotatable bonds is 5. The molecule has 1 unspecified atom stereocenters. The largest absolute Gasteiger partial charge is 0.456 e. The van der Waals surface area contributed by atoms with Gasteiger partial charge in [-0.25, -0.2) is 0 Å². The van der Waals surface area contributed by atoms with E-state index >= 15 is 0 Å². The molecule has 0 bridgehead atoms. The van der Waals surface area contributed by atoms with E-state index in [1.165, 1.54) is 6.07 Å². The molecule has 1 aromatic carbocycles. The van der Waals surface area contributed by atoms with E-state index in [1.807, 2.05) is 6.92 Å². The summed E-state index contributed by atoms with van der Waals surface area (Å²) in [5.41, 5.74) is -0.233. The minimum absolute atomic E-state index is 0.0484. The molecule has 0 radical (unpaired) electrons. The second-order valence-electron chi connectivity index (χ2n) is 6.36. The van der Waals surface area contributed by atoms with Crippen molar-refractivity contribution in [1.29, 1.82) is 0 Å². The van der Waals surface area contributed by atoms with Crippen LogP contribution < -0.4 is 0 Å². The van der Waals surface area contributed by atoms with Gasteiger partial charge in [-0.15, -0.1) is 0 Å². The number of amides is 1. The van der Waals surface area contributed by atoms with Crippen LogP contribution in [0.5, 0.6) is 0 Å². The third-order valence-electron chi connectivity index (χ3n) is 4.51. The van der Waals surface area contributed by atoms with Crippen molar-refractivity contribution in [3.63, 3.8) is 0 Å². The molecule has 3 rings (SSSR count). The molecule has 25 heavy (non-hydrogen) atoms. The van der Waals surface area contributed by atoms with E-state index in [9.17, 15) is 18.0 Å². The lowest BCUT2D eigenvalue weighted by Gasteiger charge is -2.29. The first-order chi connectivity index (χ1) is 11.8. The molecule has 1 fully saturated rings. The summed E-state index contributed by atoms with van der Waals surface area (Å²) in [5.74, 6) is 0.681. The topological polar surface area (TPSA) is 33.5 Å². The van der Waals surface area contributed by atoms with Gasteiger partial charge >= 0.3 is 6.18 Å². The molecular formula is C19H20F3NO2. The molecule has 0 N–H and O–H groups in total. The summed E-state index contributed by atoms with van der Waals surface area (Å²) in [6.45, 7) is 3.69. The number of furan rings is 1. The van der Waals surface area contributed by atoms with E-state index in [-0.39, 0.29) is 17.7 Å². The molecule has 2 aromatic rings. The molecule has 1 aliphatic rings. The Labute approximate surface area is 144 Å². The van der Waals surface area contributed by atoms with Crippen LogP contribution in [-0.4, -0.2) is 16.8 Å². The van der Waals surface area contributed by atoms with Crippen molar-refractivity contribution in [2.24, 2.45) is 0 Å². The van der Waals surface area contributed by atoms with E-state index in [0.717, 1.165) is 25.0 Å². The molecule has 6 heteroatoms. The van der Waals surface area contributed by atoms with E-state index < -0.39 is 17.8 Å². The first-order valence-electron chi connectivity index (χ1n) is 8.39. The van der Waals surface area contributed by atoms with E-state index in [2.05, 4.69) is 0 Å². The molecule has 0 aliphatic heterocycles. The van der Waals surface area contributed by atoms with Crippen LogP contribution in [0.2, 0.25) is 0 Å². The van der Waals surface area contributed by atoms with Crippen LogP contribution in [0.25, 0.3) is 0 Å². The molecule has 1 amide bonds. The van der Waals surface area contributed by atoms with Crippen molar-refractivity contribution in [2.45, 2.75) is 51.4 Å². The molecular weight excluding hydrogens is 331 g/mol. The smallest absolute Gasteiger partial charge is 0.416 e. The van der Waals surface area contributed by atoms with Gasteiger partial charge in [-0.3, -0.25) is 4.79 Å². The van der Waals surface area contributed by atoms with Crippen LogP contribution >= 0.6 is 0 Å². The highest BCUT2D eigenvalue weighted by Crippen LogP contribution is 2.37. The van der Waals surface area contributed by atoms with Crippen molar-refractivity contribution in [3.8, 4) is 0 Å². The molecule has 1 atom stereocenters. The van der Waals surface area contributed by atoms with Crippen molar-refractivity contribution >= 4 is 5.91 Å². The Hall–Kier alpha value is -2.24. The van der Waals surface area contributed by atoms with Gasteiger partial charge in [0.1, 0.15) is 5.76 Å². The number of carbonyl (C=O) groups is 1. The summed E-state index contributed by atoms with van der Waals surface area (Å²) in [6, 6.07) is 8.15. The van der Waals surface area contributed by atoms with Crippen LogP contribution in [0.3, 0.4) is 0 Å². The second kappa shape index (κ2) is 6.58. The van der Waals surface area contributed by atoms with Gasteiger partial charge in [0.15, 0.2) is 5.76 Å². The Balaban J connectivity index is 1.89. The van der Waals surface area contributed by atoms with Gasteiger partial charge in [0, 0.05) is 12.5 Å². The molecule has 134 valence electrons. The van der Waals surface area contributed by atoms with Gasteiger partial charge in [-0.1, -0.05) is 19.1 Å². The summed E-state index contributed by atoms with van der Waals surface area (Å²) >= 11 is 0. The van der Waals surface area contributed by atoms with Crippen molar-refractivity contribution in [3.05, 3.63) is 59.0 Å². The zero-order chi connectivity index (χ0) is 18.2. The van der Waals surface area contributed by atoms with Crippen LogP contribution in [0.1, 0.15) is 60.2 Å². The maximum atomic E-state index is 13.0. The predicted octanol–water partition coefficient (Wildman–Crippen LogP) is 5.23. The third kappa shape index (κ3) is 3.72. The average Bonchev–Trinajstić information content (AvgIpc) is 3.29. The van der Waals surface area contributed by atoms with Crippen molar-refractivity contribution < 1.29 is 22.4 Å². The fraction of sp³-hybridized carbons (Fsp3) is 0.421. The maximum Gasteiger partial charge on any atom is 0.416 e. The van der Waals surface area contributed by atoms with Crippen LogP contribution in [-0.2, 0) is 12.6 Å². The number of halogens is 3. The second-order valence-corrected chi connectivity index (χ2v) is 6.36. The van der Waals surface area contributed by atoms with Crippen molar-refractivity contribution in [2.75, 3.05) is 0 Å². The molecule has 3 nitrogen and oxygen atoms in total. The van der Waals surface area contributed by atoms with Gasteiger partial charge in [0.25, 0.3) is 5.91 Å². The summed E-state index contributed by atoms with van der Waals surface area (Å²) in [7, 11) is 0. The average molecular weight is 351 g/mol. The quantitative estimate of drug-likeness (QED) is 0.739. The highest BCUT2D eigenvalue weighted by molar-refractivity contribution is 5.92. The Morgan fingerprint density at radius 3 is 2.56 bits per heavy atom. The van der Waals surface area contributed by atoms with Gasteiger partial charge < -0.3 is 9.32 Å². The fourth-order valence-electron chi connectivity index (χ4n) is 2.96. The third-order valence-corrected chi connectivity index (χ3v) is 4.51. The number of hydrogen-bond donors (Lipinski definition) is 0. The Bertz CT molecular complexity index is 762. The number of aryl methyl sites for hydroxylation is 1. The number of benzene rings is 1. The summed E-state index contributed by atoms with van der Waals surface area (Å²) in [6.07, 6.45) is -2.01. The number of carbonyl (C=O) groups excluding carboxylic acids is 1. The molecule has 1 aliphatic carbocycles. The number of hydrogen-bond acceptors (Lipinski definition) is 2. The lowest BCUT2D eigenvalue weighted by atomic mass is 10.0. The molecule has 1 saturated carbocycles. The SMILES string of the molecule is CCc1ccc(C(=O)N(C2CC2)C(C)c2cccc(C(F)(F)F)c2)o1. The van der Waals surface area contributed by atoms with Crippen LogP contribution in [0.15, 0.2) is 40.8 Å². The van der Waals surface area contributed by atoms with E-state index in [4.69, 9.17) is 4.42 Å². The first-order valence-corrected chi connectivity index (χ1v) is 8.39. The summed E-state index contributed by atoms with van der Waals surface area (Å²) in [5, 5.41) is 0.